The van der Waals surface area contributed by atoms with Crippen LogP contribution in [0.4, 0.5) is 11.4 Å². The van der Waals surface area contributed by atoms with E-state index in [1.165, 1.54) is 46.8 Å². The number of oxazole rings is 1. The molecular weight excluding hydrogens is 428 g/mol. The van der Waals surface area contributed by atoms with E-state index in [0.29, 0.717) is 13.1 Å². The van der Waals surface area contributed by atoms with Crippen LogP contribution >= 0.6 is 0 Å². The molecular formula is C19H20N4O7S. The first-order valence-electron chi connectivity index (χ1n) is 9.35. The lowest BCUT2D eigenvalue weighted by Gasteiger charge is -2.18. The number of sulfonamides is 1. The number of non-ortho nitro benzene ring substituents is 1. The minimum atomic E-state index is -3.74. The van der Waals surface area contributed by atoms with E-state index in [2.05, 4.69) is 5.32 Å². The maximum Gasteiger partial charge on any atom is 0.420 e. The van der Waals surface area contributed by atoms with Crippen LogP contribution in [0.2, 0.25) is 0 Å². The first-order valence-corrected chi connectivity index (χ1v) is 10.8. The van der Waals surface area contributed by atoms with Gasteiger partial charge in [0.25, 0.3) is 5.69 Å². The zero-order valence-corrected chi connectivity index (χ0v) is 17.6. The highest BCUT2D eigenvalue weighted by Crippen LogP contribution is 2.22. The number of hydrogen-bond donors (Lipinski definition) is 1. The van der Waals surface area contributed by atoms with Crippen molar-refractivity contribution >= 4 is 38.4 Å². The van der Waals surface area contributed by atoms with Crippen LogP contribution < -0.4 is 11.1 Å². The number of carbonyl (C=O) groups excluding carboxylic acids is 1. The van der Waals surface area contributed by atoms with Gasteiger partial charge in [-0.2, -0.15) is 4.31 Å². The number of nitrogens with zero attached hydrogens (tertiary/aromatic N) is 3. The Bertz CT molecular complexity index is 1310. The average molecular weight is 448 g/mol. The summed E-state index contributed by atoms with van der Waals surface area (Å²) in [6.07, 6.45) is 0. The molecule has 1 heterocycles. The van der Waals surface area contributed by atoms with Crippen LogP contribution in [0.15, 0.2) is 56.6 Å². The molecule has 1 amide bonds. The summed E-state index contributed by atoms with van der Waals surface area (Å²) in [4.78, 5) is 34.9. The smallest absolute Gasteiger partial charge is 0.408 e. The second-order valence-electron chi connectivity index (χ2n) is 6.53. The molecule has 1 aromatic heterocycles. The summed E-state index contributed by atoms with van der Waals surface area (Å²) in [5, 5.41) is 13.3. The summed E-state index contributed by atoms with van der Waals surface area (Å²) in [6, 6.07) is 9.37. The Balaban J connectivity index is 1.87. The Labute approximate surface area is 177 Å². The lowest BCUT2D eigenvalue weighted by Crippen LogP contribution is -2.30. The monoisotopic (exact) mass is 448 g/mol. The van der Waals surface area contributed by atoms with E-state index >= 15 is 0 Å². The van der Waals surface area contributed by atoms with Crippen molar-refractivity contribution in [3.63, 3.8) is 0 Å². The van der Waals surface area contributed by atoms with Crippen molar-refractivity contribution in [1.29, 1.82) is 0 Å². The van der Waals surface area contributed by atoms with Gasteiger partial charge in [-0.15, -0.1) is 0 Å². The zero-order valence-electron chi connectivity index (χ0n) is 16.8. The van der Waals surface area contributed by atoms with E-state index in [9.17, 15) is 28.1 Å². The number of aromatic nitrogens is 1. The van der Waals surface area contributed by atoms with E-state index in [0.717, 1.165) is 4.57 Å². The molecule has 0 saturated heterocycles. The average Bonchev–Trinajstić information content (AvgIpc) is 3.03. The van der Waals surface area contributed by atoms with Gasteiger partial charge in [-0.05, 0) is 18.2 Å². The maximum atomic E-state index is 12.7. The molecule has 31 heavy (non-hydrogen) atoms. The van der Waals surface area contributed by atoms with Gasteiger partial charge in [0.1, 0.15) is 6.54 Å². The van der Waals surface area contributed by atoms with Gasteiger partial charge in [-0.1, -0.05) is 19.9 Å². The normalized spacial score (nSPS) is 11.7. The number of nitro groups is 1. The SMILES string of the molecule is CCN(CC)S(=O)(=O)c1ccc2c(c1)oc(=O)n2CC(=O)Nc1cccc([N+](=O)[O-])c1. The van der Waals surface area contributed by atoms with E-state index in [4.69, 9.17) is 4.42 Å². The molecule has 1 N–H and O–H groups in total. The Kier molecular flexibility index (Phi) is 6.22. The second kappa shape index (κ2) is 8.70. The van der Waals surface area contributed by atoms with Crippen LogP contribution in [0.5, 0.6) is 0 Å². The number of hydrogen-bond acceptors (Lipinski definition) is 7. The fraction of sp³-hybridized carbons (Fsp3) is 0.263. The van der Waals surface area contributed by atoms with Gasteiger partial charge in [0.2, 0.25) is 15.9 Å². The van der Waals surface area contributed by atoms with Crippen LogP contribution in [0, 0.1) is 10.1 Å². The minimum absolute atomic E-state index is 0.0225. The van der Waals surface area contributed by atoms with Crippen molar-refractivity contribution in [2.45, 2.75) is 25.3 Å². The number of carbonyl (C=O) groups is 1. The van der Waals surface area contributed by atoms with Crippen molar-refractivity contribution in [2.24, 2.45) is 0 Å². The first kappa shape index (κ1) is 22.2. The molecule has 164 valence electrons. The van der Waals surface area contributed by atoms with Crippen molar-refractivity contribution in [3.05, 3.63) is 63.1 Å². The zero-order chi connectivity index (χ0) is 22.8. The van der Waals surface area contributed by atoms with E-state index < -0.39 is 33.2 Å². The number of amides is 1. The van der Waals surface area contributed by atoms with Crippen molar-refractivity contribution in [2.75, 3.05) is 18.4 Å². The molecule has 0 saturated carbocycles. The van der Waals surface area contributed by atoms with E-state index in [1.807, 2.05) is 0 Å². The second-order valence-corrected chi connectivity index (χ2v) is 8.47. The molecule has 12 heteroatoms. The number of fused-ring (bicyclic) bond motifs is 1. The Morgan fingerprint density at radius 1 is 1.19 bits per heavy atom. The summed E-state index contributed by atoms with van der Waals surface area (Å²) in [7, 11) is -3.74. The van der Waals surface area contributed by atoms with Crippen LogP contribution in [0.25, 0.3) is 11.1 Å². The van der Waals surface area contributed by atoms with Gasteiger partial charge in [-0.3, -0.25) is 19.5 Å². The van der Waals surface area contributed by atoms with Gasteiger partial charge >= 0.3 is 5.76 Å². The van der Waals surface area contributed by atoms with E-state index in [1.54, 1.807) is 13.8 Å². The number of anilines is 1. The molecule has 3 rings (SSSR count). The van der Waals surface area contributed by atoms with Crippen molar-refractivity contribution < 1.29 is 22.6 Å². The number of nitro benzene ring substituents is 1. The predicted molar refractivity (Wildman–Crippen MR) is 112 cm³/mol. The molecule has 0 fully saturated rings. The minimum Gasteiger partial charge on any atom is -0.408 e. The Morgan fingerprint density at radius 2 is 1.90 bits per heavy atom. The third-order valence-electron chi connectivity index (χ3n) is 4.63. The summed E-state index contributed by atoms with van der Waals surface area (Å²) in [5.41, 5.74) is 0.289. The number of benzene rings is 2. The summed E-state index contributed by atoms with van der Waals surface area (Å²) < 4.78 is 32.8. The number of rotatable bonds is 8. The van der Waals surface area contributed by atoms with Gasteiger partial charge in [0.15, 0.2) is 5.58 Å². The summed E-state index contributed by atoms with van der Waals surface area (Å²) >= 11 is 0. The van der Waals surface area contributed by atoms with Gasteiger partial charge < -0.3 is 9.73 Å². The molecule has 2 aromatic carbocycles. The molecule has 0 aliphatic rings. The molecule has 0 aliphatic carbocycles. The first-order chi connectivity index (χ1) is 14.7. The molecule has 11 nitrogen and oxygen atoms in total. The highest BCUT2D eigenvalue weighted by atomic mass is 32.2. The summed E-state index contributed by atoms with van der Waals surface area (Å²) in [5.74, 6) is -1.44. The van der Waals surface area contributed by atoms with Crippen LogP contribution in [0.1, 0.15) is 13.8 Å². The quantitative estimate of drug-likeness (QED) is 0.410. The van der Waals surface area contributed by atoms with Gasteiger partial charge in [-0.25, -0.2) is 13.2 Å². The molecule has 0 radical (unpaired) electrons. The Morgan fingerprint density at radius 3 is 2.55 bits per heavy atom. The highest BCUT2D eigenvalue weighted by molar-refractivity contribution is 7.89. The highest BCUT2D eigenvalue weighted by Gasteiger charge is 2.23. The van der Waals surface area contributed by atoms with Crippen molar-refractivity contribution in [1.82, 2.24) is 8.87 Å². The number of nitrogens with one attached hydrogen (secondary N) is 1. The molecule has 0 atom stereocenters. The third kappa shape index (κ3) is 4.49. The van der Waals surface area contributed by atoms with Crippen molar-refractivity contribution in [3.8, 4) is 0 Å². The molecule has 0 bridgehead atoms. The summed E-state index contributed by atoms with van der Waals surface area (Å²) in [6.45, 7) is 3.60. The van der Waals surface area contributed by atoms with Gasteiger partial charge in [0, 0.05) is 37.0 Å². The molecule has 0 aliphatic heterocycles. The molecule has 0 unspecified atom stereocenters. The maximum absolute atomic E-state index is 12.7. The Hall–Kier alpha value is -3.51. The molecule has 3 aromatic rings. The van der Waals surface area contributed by atoms with Gasteiger partial charge in [0.05, 0.1) is 15.3 Å². The largest absolute Gasteiger partial charge is 0.420 e. The fourth-order valence-corrected chi connectivity index (χ4v) is 4.58. The van der Waals surface area contributed by atoms with Crippen LogP contribution in [-0.2, 0) is 21.4 Å². The van der Waals surface area contributed by atoms with Crippen LogP contribution in [0.3, 0.4) is 0 Å². The standard InChI is InChI=1S/C19H20N4O7S/c1-3-21(4-2)31(28,29)15-8-9-16-17(11-15)30-19(25)22(16)12-18(24)20-13-6-5-7-14(10-13)23(26)27/h5-11H,3-4,12H2,1-2H3,(H,20,24). The van der Waals surface area contributed by atoms with E-state index in [-0.39, 0.29) is 27.4 Å². The lowest BCUT2D eigenvalue weighted by atomic mass is 10.3. The van der Waals surface area contributed by atoms with Crippen LogP contribution in [-0.4, -0.2) is 41.2 Å². The molecule has 0 spiro atoms. The fourth-order valence-electron chi connectivity index (χ4n) is 3.11. The third-order valence-corrected chi connectivity index (χ3v) is 6.67. The predicted octanol–water partition coefficient (Wildman–Crippen LogP) is 2.17. The topological polar surface area (TPSA) is 145 Å². The lowest BCUT2D eigenvalue weighted by molar-refractivity contribution is -0.384.